The molecule has 21 heavy (non-hydrogen) atoms. The van der Waals surface area contributed by atoms with E-state index < -0.39 is 4.92 Å². The van der Waals surface area contributed by atoms with Crippen LogP contribution >= 0.6 is 0 Å². The van der Waals surface area contributed by atoms with Gasteiger partial charge in [-0.25, -0.2) is 0 Å². The second-order valence-corrected chi connectivity index (χ2v) is 4.36. The van der Waals surface area contributed by atoms with Crippen molar-refractivity contribution in [2.45, 2.75) is 13.5 Å². The first-order valence-electron chi connectivity index (χ1n) is 6.53. The van der Waals surface area contributed by atoms with Gasteiger partial charge in [0.2, 0.25) is 0 Å². The molecule has 0 fully saturated rings. The first-order chi connectivity index (χ1) is 10.1. The zero-order valence-corrected chi connectivity index (χ0v) is 11.6. The summed E-state index contributed by atoms with van der Waals surface area (Å²) in [7, 11) is 0. The first kappa shape index (κ1) is 14.6. The van der Waals surface area contributed by atoms with Crippen molar-refractivity contribution in [2.24, 2.45) is 0 Å². The quantitative estimate of drug-likeness (QED) is 0.629. The topological polar surface area (TPSA) is 84.6 Å². The lowest BCUT2D eigenvalue weighted by molar-refractivity contribution is -0.384. The predicted octanol–water partition coefficient (Wildman–Crippen LogP) is 3.31. The number of phenolic OH excluding ortho intramolecular Hbond substituents is 1. The molecule has 0 unspecified atom stereocenters. The second-order valence-electron chi connectivity index (χ2n) is 4.36. The van der Waals surface area contributed by atoms with Crippen molar-refractivity contribution in [3.8, 4) is 11.5 Å². The van der Waals surface area contributed by atoms with Gasteiger partial charge in [-0.3, -0.25) is 10.1 Å². The van der Waals surface area contributed by atoms with Crippen LogP contribution in [0.1, 0.15) is 12.5 Å². The average Bonchev–Trinajstić information content (AvgIpc) is 2.48. The van der Waals surface area contributed by atoms with Crippen molar-refractivity contribution in [3.63, 3.8) is 0 Å². The van der Waals surface area contributed by atoms with E-state index in [9.17, 15) is 15.2 Å². The molecular weight excluding hydrogens is 272 g/mol. The molecule has 6 nitrogen and oxygen atoms in total. The number of nitrogens with one attached hydrogen (secondary N) is 1. The lowest BCUT2D eigenvalue weighted by atomic mass is 10.2. The third-order valence-electron chi connectivity index (χ3n) is 2.91. The van der Waals surface area contributed by atoms with E-state index in [1.807, 2.05) is 6.92 Å². The van der Waals surface area contributed by atoms with E-state index in [-0.39, 0.29) is 11.4 Å². The van der Waals surface area contributed by atoms with E-state index in [2.05, 4.69) is 5.32 Å². The van der Waals surface area contributed by atoms with Crippen LogP contribution in [0, 0.1) is 10.1 Å². The number of phenols is 1. The number of ether oxygens (including phenoxy) is 1. The normalized spacial score (nSPS) is 10.1. The number of nitro groups is 1. The van der Waals surface area contributed by atoms with Gasteiger partial charge in [-0.1, -0.05) is 18.2 Å². The van der Waals surface area contributed by atoms with Gasteiger partial charge in [0.25, 0.3) is 5.69 Å². The number of hydrogen-bond donors (Lipinski definition) is 2. The highest BCUT2D eigenvalue weighted by Gasteiger charge is 2.12. The number of hydrogen-bond acceptors (Lipinski definition) is 5. The summed E-state index contributed by atoms with van der Waals surface area (Å²) in [6, 6.07) is 11.4. The monoisotopic (exact) mass is 288 g/mol. The Balaban J connectivity index is 2.13. The largest absolute Gasteiger partial charge is 0.504 e. The minimum Gasteiger partial charge on any atom is -0.504 e. The lowest BCUT2D eigenvalue weighted by Crippen LogP contribution is -2.03. The number of benzene rings is 2. The van der Waals surface area contributed by atoms with E-state index in [0.29, 0.717) is 24.6 Å². The van der Waals surface area contributed by atoms with Gasteiger partial charge in [-0.05, 0) is 30.7 Å². The summed E-state index contributed by atoms with van der Waals surface area (Å²) in [4.78, 5) is 10.5. The molecule has 0 aliphatic rings. The van der Waals surface area contributed by atoms with Gasteiger partial charge < -0.3 is 15.2 Å². The van der Waals surface area contributed by atoms with Crippen molar-refractivity contribution in [3.05, 3.63) is 58.1 Å². The highest BCUT2D eigenvalue weighted by atomic mass is 16.6. The second kappa shape index (κ2) is 6.60. The summed E-state index contributed by atoms with van der Waals surface area (Å²) in [5.74, 6) is 0.477. The Morgan fingerprint density at radius 3 is 2.76 bits per heavy atom. The van der Waals surface area contributed by atoms with E-state index in [1.165, 1.54) is 6.07 Å². The summed E-state index contributed by atoms with van der Waals surface area (Å²) in [6.07, 6.45) is 0. The smallest absolute Gasteiger partial charge is 0.292 e. The third kappa shape index (κ3) is 3.62. The fourth-order valence-corrected chi connectivity index (χ4v) is 1.92. The lowest BCUT2D eigenvalue weighted by Gasteiger charge is -2.10. The van der Waals surface area contributed by atoms with Crippen LogP contribution in [-0.4, -0.2) is 16.6 Å². The molecule has 0 bridgehead atoms. The standard InChI is InChI=1S/C15H16N2O4/c1-2-21-15-9-11(7-8-14(15)18)10-16-12-5-3-4-6-13(12)17(19)20/h3-9,16,18H,2,10H2,1H3. The van der Waals surface area contributed by atoms with Crippen molar-refractivity contribution in [1.29, 1.82) is 0 Å². The van der Waals surface area contributed by atoms with Gasteiger partial charge in [-0.15, -0.1) is 0 Å². The minimum absolute atomic E-state index is 0.0290. The molecule has 2 rings (SSSR count). The van der Waals surface area contributed by atoms with Gasteiger partial charge in [0.15, 0.2) is 11.5 Å². The van der Waals surface area contributed by atoms with Gasteiger partial charge in [0.05, 0.1) is 11.5 Å². The molecule has 0 radical (unpaired) electrons. The number of anilines is 1. The molecule has 2 aromatic rings. The molecule has 0 heterocycles. The Morgan fingerprint density at radius 1 is 1.29 bits per heavy atom. The number of rotatable bonds is 6. The Kier molecular flexibility index (Phi) is 4.61. The van der Waals surface area contributed by atoms with Gasteiger partial charge in [-0.2, -0.15) is 0 Å². The Morgan fingerprint density at radius 2 is 2.05 bits per heavy atom. The molecule has 0 aromatic heterocycles. The van der Waals surface area contributed by atoms with Crippen LogP contribution in [0.4, 0.5) is 11.4 Å². The highest BCUT2D eigenvalue weighted by molar-refractivity contribution is 5.61. The van der Waals surface area contributed by atoms with Crippen LogP contribution in [0.2, 0.25) is 0 Å². The zero-order valence-electron chi connectivity index (χ0n) is 11.6. The molecule has 0 saturated carbocycles. The van der Waals surface area contributed by atoms with E-state index >= 15 is 0 Å². The maximum absolute atomic E-state index is 10.9. The molecule has 110 valence electrons. The first-order valence-corrected chi connectivity index (χ1v) is 6.53. The third-order valence-corrected chi connectivity index (χ3v) is 2.91. The maximum Gasteiger partial charge on any atom is 0.292 e. The van der Waals surface area contributed by atoms with Crippen LogP contribution in [0.15, 0.2) is 42.5 Å². The Hall–Kier alpha value is -2.76. The summed E-state index contributed by atoms with van der Waals surface area (Å²) in [5, 5.41) is 23.6. The number of para-hydroxylation sites is 2. The van der Waals surface area contributed by atoms with Gasteiger partial charge >= 0.3 is 0 Å². The summed E-state index contributed by atoms with van der Waals surface area (Å²) >= 11 is 0. The van der Waals surface area contributed by atoms with Crippen molar-refractivity contribution in [2.75, 3.05) is 11.9 Å². The highest BCUT2D eigenvalue weighted by Crippen LogP contribution is 2.28. The summed E-state index contributed by atoms with van der Waals surface area (Å²) < 4.78 is 5.31. The Labute approximate surface area is 122 Å². The van der Waals surface area contributed by atoms with Crippen LogP contribution in [0.5, 0.6) is 11.5 Å². The summed E-state index contributed by atoms with van der Waals surface area (Å²) in [5.41, 5.74) is 1.34. The zero-order chi connectivity index (χ0) is 15.2. The van der Waals surface area contributed by atoms with Crippen LogP contribution < -0.4 is 10.1 Å². The average molecular weight is 288 g/mol. The maximum atomic E-state index is 10.9. The molecule has 0 atom stereocenters. The number of nitrogens with zero attached hydrogens (tertiary/aromatic N) is 1. The van der Waals surface area contributed by atoms with Crippen molar-refractivity contribution >= 4 is 11.4 Å². The van der Waals surface area contributed by atoms with Crippen LogP contribution in [0.3, 0.4) is 0 Å². The summed E-state index contributed by atoms with van der Waals surface area (Å²) in [6.45, 7) is 2.68. The van der Waals surface area contributed by atoms with Gasteiger partial charge in [0, 0.05) is 12.6 Å². The molecule has 0 aliphatic carbocycles. The van der Waals surface area contributed by atoms with Crippen LogP contribution in [0.25, 0.3) is 0 Å². The van der Waals surface area contributed by atoms with E-state index in [4.69, 9.17) is 4.74 Å². The predicted molar refractivity (Wildman–Crippen MR) is 79.7 cm³/mol. The fourth-order valence-electron chi connectivity index (χ4n) is 1.92. The molecule has 6 heteroatoms. The molecule has 0 aliphatic heterocycles. The SMILES string of the molecule is CCOc1cc(CNc2ccccc2[N+](=O)[O-])ccc1O. The number of nitro benzene ring substituents is 1. The Bertz CT molecular complexity index is 643. The molecule has 0 amide bonds. The molecule has 0 saturated heterocycles. The molecular formula is C15H16N2O4. The van der Waals surface area contributed by atoms with Crippen molar-refractivity contribution < 1.29 is 14.8 Å². The molecule has 0 spiro atoms. The molecule has 2 aromatic carbocycles. The minimum atomic E-state index is -0.426. The van der Waals surface area contributed by atoms with Crippen molar-refractivity contribution in [1.82, 2.24) is 0 Å². The van der Waals surface area contributed by atoms with E-state index in [0.717, 1.165) is 5.56 Å². The van der Waals surface area contributed by atoms with Gasteiger partial charge in [0.1, 0.15) is 5.69 Å². The number of aromatic hydroxyl groups is 1. The van der Waals surface area contributed by atoms with Crippen LogP contribution in [-0.2, 0) is 6.54 Å². The fraction of sp³-hybridized carbons (Fsp3) is 0.200. The molecule has 2 N–H and O–H groups in total. The van der Waals surface area contributed by atoms with E-state index in [1.54, 1.807) is 36.4 Å².